The number of carbonyl (C=O) groups excluding carboxylic acids is 1. The van der Waals surface area contributed by atoms with Gasteiger partial charge in [-0.1, -0.05) is 24.3 Å². The van der Waals surface area contributed by atoms with Crippen LogP contribution in [0.2, 0.25) is 0 Å². The minimum atomic E-state index is 0.0460. The van der Waals surface area contributed by atoms with Crippen molar-refractivity contribution >= 4 is 11.6 Å². The van der Waals surface area contributed by atoms with Gasteiger partial charge in [-0.25, -0.2) is 0 Å². The van der Waals surface area contributed by atoms with Crippen LogP contribution in [0.25, 0.3) is 11.4 Å². The van der Waals surface area contributed by atoms with Gasteiger partial charge in [0.1, 0.15) is 6.33 Å². The predicted octanol–water partition coefficient (Wildman–Crippen LogP) is 2.72. The molecule has 6 nitrogen and oxygen atoms in total. The Hall–Kier alpha value is -3.02. The van der Waals surface area contributed by atoms with E-state index in [1.807, 2.05) is 17.7 Å². The van der Waals surface area contributed by atoms with Crippen molar-refractivity contribution in [2.24, 2.45) is 13.0 Å². The molecule has 1 fully saturated rings. The molecule has 1 aromatic carbocycles. The van der Waals surface area contributed by atoms with Gasteiger partial charge in [0, 0.05) is 30.1 Å². The summed E-state index contributed by atoms with van der Waals surface area (Å²) in [7, 11) is 1.88. The van der Waals surface area contributed by atoms with Crippen LogP contribution in [0.3, 0.4) is 0 Å². The van der Waals surface area contributed by atoms with Crippen LogP contribution < -0.4 is 5.32 Å². The number of fused-ring (bicyclic) bond motifs is 2. The molecule has 1 N–H and O–H groups in total. The monoisotopic (exact) mass is 345 g/mol. The lowest BCUT2D eigenvalue weighted by Crippen LogP contribution is -2.19. The summed E-state index contributed by atoms with van der Waals surface area (Å²) >= 11 is 0. The van der Waals surface area contributed by atoms with E-state index < -0.39 is 0 Å². The molecule has 0 bridgehead atoms. The maximum atomic E-state index is 12.8. The van der Waals surface area contributed by atoms with Gasteiger partial charge in [0.05, 0.1) is 11.9 Å². The molecular weight excluding hydrogens is 326 g/mol. The number of hydrogen-bond acceptors (Lipinski definition) is 4. The van der Waals surface area contributed by atoms with Gasteiger partial charge in [0.15, 0.2) is 5.82 Å². The van der Waals surface area contributed by atoms with Crippen LogP contribution in [0, 0.1) is 5.92 Å². The number of benzene rings is 1. The molecule has 3 aromatic rings. The molecular formula is C20H19N5O. The molecule has 1 spiro atoms. The molecule has 0 saturated heterocycles. The van der Waals surface area contributed by atoms with Crippen molar-refractivity contribution in [3.63, 3.8) is 0 Å². The zero-order valence-electron chi connectivity index (χ0n) is 14.5. The van der Waals surface area contributed by atoms with Crippen LogP contribution in [0.15, 0.2) is 49.1 Å². The third-order valence-electron chi connectivity index (χ3n) is 5.76. The summed E-state index contributed by atoms with van der Waals surface area (Å²) in [6.07, 6.45) is 8.13. The first-order valence-electron chi connectivity index (χ1n) is 8.86. The zero-order chi connectivity index (χ0) is 17.7. The highest BCUT2D eigenvalue weighted by Gasteiger charge is 2.61. The highest BCUT2D eigenvalue weighted by molar-refractivity contribution is 5.96. The summed E-state index contributed by atoms with van der Waals surface area (Å²) < 4.78 is 1.83. The van der Waals surface area contributed by atoms with Gasteiger partial charge in [-0.3, -0.25) is 9.78 Å². The minimum Gasteiger partial charge on any atom is -0.324 e. The van der Waals surface area contributed by atoms with E-state index >= 15 is 0 Å². The largest absolute Gasteiger partial charge is 0.324 e. The second-order valence-electron chi connectivity index (χ2n) is 7.29. The van der Waals surface area contributed by atoms with E-state index in [4.69, 9.17) is 0 Å². The van der Waals surface area contributed by atoms with E-state index in [0.717, 1.165) is 30.7 Å². The highest BCUT2D eigenvalue weighted by atomic mass is 16.2. The fraction of sp³-hybridized carbons (Fsp3) is 0.300. The summed E-state index contributed by atoms with van der Waals surface area (Å²) in [5.41, 5.74) is 4.35. The molecule has 2 atom stereocenters. The topological polar surface area (TPSA) is 72.7 Å². The molecule has 0 unspecified atom stereocenters. The number of carbonyl (C=O) groups is 1. The lowest BCUT2D eigenvalue weighted by molar-refractivity contribution is -0.117. The molecule has 2 aliphatic rings. The Morgan fingerprint density at radius 2 is 2.19 bits per heavy atom. The van der Waals surface area contributed by atoms with Gasteiger partial charge in [0.2, 0.25) is 5.91 Å². The predicted molar refractivity (Wildman–Crippen MR) is 97.4 cm³/mol. The number of nitrogens with zero attached hydrogens (tertiary/aromatic N) is 4. The SMILES string of the molecule is Cn1cnnc1-c1cncc(NC(=O)[C@H]2C[C@@]23CCc2ccccc23)c1. The molecule has 26 heavy (non-hydrogen) atoms. The molecule has 2 aliphatic carbocycles. The second kappa shape index (κ2) is 5.49. The van der Waals surface area contributed by atoms with E-state index in [-0.39, 0.29) is 17.2 Å². The van der Waals surface area contributed by atoms with Gasteiger partial charge >= 0.3 is 0 Å². The van der Waals surface area contributed by atoms with E-state index in [1.54, 1.807) is 18.7 Å². The third-order valence-corrected chi connectivity index (χ3v) is 5.76. The van der Waals surface area contributed by atoms with E-state index in [9.17, 15) is 4.79 Å². The molecule has 2 aromatic heterocycles. The van der Waals surface area contributed by atoms with Crippen molar-refractivity contribution in [2.45, 2.75) is 24.7 Å². The lowest BCUT2D eigenvalue weighted by Gasteiger charge is -2.12. The maximum absolute atomic E-state index is 12.8. The quantitative estimate of drug-likeness (QED) is 0.792. The number of hydrogen-bond donors (Lipinski definition) is 1. The Kier molecular flexibility index (Phi) is 3.22. The van der Waals surface area contributed by atoms with E-state index in [0.29, 0.717) is 5.69 Å². The molecule has 1 amide bonds. The first-order chi connectivity index (χ1) is 12.7. The summed E-state index contributed by atoms with van der Waals surface area (Å²) in [6, 6.07) is 10.4. The Morgan fingerprint density at radius 3 is 3.04 bits per heavy atom. The van der Waals surface area contributed by atoms with Crippen LogP contribution >= 0.6 is 0 Å². The second-order valence-corrected chi connectivity index (χ2v) is 7.29. The highest BCUT2D eigenvalue weighted by Crippen LogP contribution is 2.61. The van der Waals surface area contributed by atoms with E-state index in [1.165, 1.54) is 11.1 Å². The van der Waals surface area contributed by atoms with Crippen LogP contribution in [0.1, 0.15) is 24.0 Å². The van der Waals surface area contributed by atoms with Crippen molar-refractivity contribution in [3.05, 3.63) is 60.2 Å². The molecule has 5 rings (SSSR count). The average molecular weight is 345 g/mol. The van der Waals surface area contributed by atoms with Crippen molar-refractivity contribution in [2.75, 3.05) is 5.32 Å². The van der Waals surface area contributed by atoms with Gasteiger partial charge in [-0.15, -0.1) is 10.2 Å². The normalized spacial score (nSPS) is 23.0. The van der Waals surface area contributed by atoms with Crippen molar-refractivity contribution in [1.29, 1.82) is 0 Å². The zero-order valence-corrected chi connectivity index (χ0v) is 14.5. The van der Waals surface area contributed by atoms with Crippen LogP contribution in [0.5, 0.6) is 0 Å². The summed E-state index contributed by atoms with van der Waals surface area (Å²) in [5, 5.41) is 11.0. The standard InChI is InChI=1S/C20H19N5O/c1-25-12-22-24-18(25)14-8-15(11-21-10-14)23-19(26)17-9-20(17)7-6-13-4-2-3-5-16(13)20/h2-5,8,10-12,17H,6-7,9H2,1H3,(H,23,26)/t17-,20-/m1/s1. The Balaban J connectivity index is 1.36. The summed E-state index contributed by atoms with van der Waals surface area (Å²) in [4.78, 5) is 17.1. The third kappa shape index (κ3) is 2.25. The molecule has 0 aliphatic heterocycles. The van der Waals surface area contributed by atoms with Crippen molar-refractivity contribution in [1.82, 2.24) is 19.7 Å². The molecule has 130 valence electrons. The Labute approximate surface area is 151 Å². The molecule has 1 saturated carbocycles. The Morgan fingerprint density at radius 1 is 1.31 bits per heavy atom. The fourth-order valence-electron chi connectivity index (χ4n) is 4.34. The van der Waals surface area contributed by atoms with Gasteiger partial charge in [-0.2, -0.15) is 0 Å². The van der Waals surface area contributed by atoms with Crippen LogP contribution in [-0.2, 0) is 23.7 Å². The summed E-state index contributed by atoms with van der Waals surface area (Å²) in [5.74, 6) is 0.851. The first kappa shape index (κ1) is 15.3. The number of aromatic nitrogens is 4. The minimum absolute atomic E-state index is 0.0460. The number of rotatable bonds is 3. The molecule has 0 radical (unpaired) electrons. The number of aryl methyl sites for hydroxylation is 2. The number of anilines is 1. The lowest BCUT2D eigenvalue weighted by atomic mass is 9.95. The first-order valence-corrected chi connectivity index (χ1v) is 8.86. The van der Waals surface area contributed by atoms with Crippen molar-refractivity contribution in [3.8, 4) is 11.4 Å². The maximum Gasteiger partial charge on any atom is 0.228 e. The van der Waals surface area contributed by atoms with Crippen LogP contribution in [-0.4, -0.2) is 25.7 Å². The van der Waals surface area contributed by atoms with E-state index in [2.05, 4.69) is 44.8 Å². The number of pyridine rings is 1. The fourth-order valence-corrected chi connectivity index (χ4v) is 4.34. The summed E-state index contributed by atoms with van der Waals surface area (Å²) in [6.45, 7) is 0. The molecule has 2 heterocycles. The Bertz CT molecular complexity index is 1010. The van der Waals surface area contributed by atoms with Crippen LogP contribution in [0.4, 0.5) is 5.69 Å². The average Bonchev–Trinajstić information content (AvgIpc) is 3.05. The smallest absolute Gasteiger partial charge is 0.228 e. The molecule has 6 heteroatoms. The van der Waals surface area contributed by atoms with Gasteiger partial charge in [0.25, 0.3) is 0 Å². The van der Waals surface area contributed by atoms with Crippen molar-refractivity contribution < 1.29 is 4.79 Å². The number of amides is 1. The van der Waals surface area contributed by atoms with Gasteiger partial charge < -0.3 is 9.88 Å². The van der Waals surface area contributed by atoms with Gasteiger partial charge in [-0.05, 0) is 36.5 Å². The number of nitrogens with one attached hydrogen (secondary N) is 1.